The molecule has 1 aromatic heterocycles. The Morgan fingerprint density at radius 2 is 1.96 bits per heavy atom. The van der Waals surface area contributed by atoms with Crippen molar-refractivity contribution >= 4 is 17.3 Å². The number of hydrogen-bond acceptors (Lipinski definition) is 5. The molecule has 1 N–H and O–H groups in total. The second-order valence-corrected chi connectivity index (χ2v) is 6.47. The number of oxime groups is 1. The number of benzene rings is 2. The van der Waals surface area contributed by atoms with E-state index in [9.17, 15) is 4.79 Å². The Morgan fingerprint density at radius 1 is 1.18 bits per heavy atom. The third-order valence-corrected chi connectivity index (χ3v) is 4.50. The molecule has 1 aliphatic rings. The summed E-state index contributed by atoms with van der Waals surface area (Å²) in [6.45, 7) is 1.94. The van der Waals surface area contributed by atoms with Gasteiger partial charge in [-0.2, -0.15) is 5.10 Å². The minimum atomic E-state index is -0.673. The molecule has 0 spiro atoms. The molecule has 0 aliphatic carbocycles. The Hall–Kier alpha value is -3.61. The number of hydrogen-bond donors (Lipinski definition) is 1. The second-order valence-electron chi connectivity index (χ2n) is 6.47. The highest BCUT2D eigenvalue weighted by Gasteiger charge is 2.30. The number of nitrogens with zero attached hydrogens (tertiary/aromatic N) is 3. The lowest BCUT2D eigenvalue weighted by atomic mass is 10.0. The Morgan fingerprint density at radius 3 is 2.68 bits per heavy atom. The van der Waals surface area contributed by atoms with Gasteiger partial charge in [0.25, 0.3) is 5.91 Å². The first-order valence-corrected chi connectivity index (χ1v) is 8.93. The fourth-order valence-electron chi connectivity index (χ4n) is 3.04. The summed E-state index contributed by atoms with van der Waals surface area (Å²) >= 11 is 0. The standard InChI is InChI=1S/C21H20N4O3/c1-14-11-12-25(23-14)16-9-7-15(8-10-16)22-21(26)20-13-18(24-28-20)17-5-3-4-6-19(17)27-2/h3-12,20H,13H2,1-2H3,(H,22,26). The first-order valence-electron chi connectivity index (χ1n) is 8.93. The van der Waals surface area contributed by atoms with Gasteiger partial charge >= 0.3 is 0 Å². The van der Waals surface area contributed by atoms with Gasteiger partial charge in [0.1, 0.15) is 5.75 Å². The van der Waals surface area contributed by atoms with Gasteiger partial charge in [-0.05, 0) is 49.4 Å². The monoisotopic (exact) mass is 376 g/mol. The van der Waals surface area contributed by atoms with Crippen molar-refractivity contribution in [2.75, 3.05) is 12.4 Å². The van der Waals surface area contributed by atoms with Crippen LogP contribution in [0.15, 0.2) is 65.9 Å². The van der Waals surface area contributed by atoms with E-state index in [1.54, 1.807) is 11.8 Å². The van der Waals surface area contributed by atoms with E-state index in [2.05, 4.69) is 15.6 Å². The molecular formula is C21H20N4O3. The van der Waals surface area contributed by atoms with Gasteiger partial charge < -0.3 is 14.9 Å². The molecule has 7 nitrogen and oxygen atoms in total. The lowest BCUT2D eigenvalue weighted by Gasteiger charge is -2.10. The zero-order chi connectivity index (χ0) is 19.5. The van der Waals surface area contributed by atoms with Crippen LogP contribution in [0, 0.1) is 6.92 Å². The molecule has 7 heteroatoms. The van der Waals surface area contributed by atoms with Crippen LogP contribution in [0.5, 0.6) is 5.75 Å². The number of amides is 1. The smallest absolute Gasteiger partial charge is 0.268 e. The number of rotatable bonds is 5. The van der Waals surface area contributed by atoms with E-state index in [0.29, 0.717) is 23.6 Å². The molecule has 1 amide bonds. The van der Waals surface area contributed by atoms with Gasteiger partial charge in [-0.1, -0.05) is 17.3 Å². The van der Waals surface area contributed by atoms with Gasteiger partial charge in [0.05, 0.1) is 24.2 Å². The Balaban J connectivity index is 1.40. The first-order chi connectivity index (χ1) is 13.6. The van der Waals surface area contributed by atoms with Crippen LogP contribution in [-0.2, 0) is 9.63 Å². The van der Waals surface area contributed by atoms with E-state index in [1.165, 1.54) is 0 Å². The highest BCUT2D eigenvalue weighted by atomic mass is 16.6. The fraction of sp³-hybridized carbons (Fsp3) is 0.190. The molecule has 0 fully saturated rings. The van der Waals surface area contributed by atoms with Crippen LogP contribution in [0.25, 0.3) is 5.69 Å². The molecule has 3 aromatic rings. The predicted octanol–water partition coefficient (Wildman–Crippen LogP) is 3.32. The summed E-state index contributed by atoms with van der Waals surface area (Å²) in [6, 6.07) is 16.9. The van der Waals surface area contributed by atoms with Crippen molar-refractivity contribution in [3.05, 3.63) is 72.1 Å². The van der Waals surface area contributed by atoms with Gasteiger partial charge in [-0.15, -0.1) is 0 Å². The maximum Gasteiger partial charge on any atom is 0.268 e. The lowest BCUT2D eigenvalue weighted by molar-refractivity contribution is -0.125. The molecule has 28 heavy (non-hydrogen) atoms. The third kappa shape index (κ3) is 3.59. The Kier molecular flexibility index (Phi) is 4.80. The summed E-state index contributed by atoms with van der Waals surface area (Å²) in [6.07, 6.45) is 1.61. The summed E-state index contributed by atoms with van der Waals surface area (Å²) in [5.41, 5.74) is 4.08. The van der Waals surface area contributed by atoms with Crippen molar-refractivity contribution in [1.82, 2.24) is 9.78 Å². The quantitative estimate of drug-likeness (QED) is 0.741. The van der Waals surface area contributed by atoms with Crippen molar-refractivity contribution in [2.45, 2.75) is 19.4 Å². The van der Waals surface area contributed by atoms with Gasteiger partial charge in [-0.25, -0.2) is 4.68 Å². The number of nitrogens with one attached hydrogen (secondary N) is 1. The minimum absolute atomic E-state index is 0.240. The molecule has 0 bridgehead atoms. The number of ether oxygens (including phenoxy) is 1. The van der Waals surface area contributed by atoms with Gasteiger partial charge in [0.2, 0.25) is 6.10 Å². The summed E-state index contributed by atoms with van der Waals surface area (Å²) in [7, 11) is 1.60. The molecule has 0 radical (unpaired) electrons. The van der Waals surface area contributed by atoms with Crippen molar-refractivity contribution in [3.63, 3.8) is 0 Å². The topological polar surface area (TPSA) is 77.7 Å². The van der Waals surface area contributed by atoms with Crippen LogP contribution in [0.4, 0.5) is 5.69 Å². The number of para-hydroxylation sites is 1. The number of methoxy groups -OCH3 is 1. The summed E-state index contributed by atoms with van der Waals surface area (Å²) < 4.78 is 7.14. The number of aryl methyl sites for hydroxylation is 1. The molecule has 0 saturated carbocycles. The number of carbonyl (C=O) groups excluding carboxylic acids is 1. The summed E-state index contributed by atoms with van der Waals surface area (Å²) in [4.78, 5) is 17.9. The van der Waals surface area contributed by atoms with Crippen LogP contribution < -0.4 is 10.1 Å². The van der Waals surface area contributed by atoms with Crippen LogP contribution in [0.3, 0.4) is 0 Å². The summed E-state index contributed by atoms with van der Waals surface area (Å²) in [5, 5.41) is 11.3. The molecule has 2 aromatic carbocycles. The van der Waals surface area contributed by atoms with Crippen LogP contribution >= 0.6 is 0 Å². The summed E-state index contributed by atoms with van der Waals surface area (Å²) in [5.74, 6) is 0.465. The van der Waals surface area contributed by atoms with E-state index >= 15 is 0 Å². The molecule has 1 atom stereocenters. The van der Waals surface area contributed by atoms with E-state index in [4.69, 9.17) is 9.57 Å². The van der Waals surface area contributed by atoms with Crippen molar-refractivity contribution < 1.29 is 14.4 Å². The van der Waals surface area contributed by atoms with Crippen molar-refractivity contribution in [3.8, 4) is 11.4 Å². The van der Waals surface area contributed by atoms with Gasteiger partial charge in [0, 0.05) is 23.9 Å². The van der Waals surface area contributed by atoms with E-state index in [-0.39, 0.29) is 5.91 Å². The lowest BCUT2D eigenvalue weighted by Crippen LogP contribution is -2.28. The molecule has 1 unspecified atom stereocenters. The molecule has 142 valence electrons. The van der Waals surface area contributed by atoms with Crippen LogP contribution in [0.2, 0.25) is 0 Å². The van der Waals surface area contributed by atoms with Gasteiger partial charge in [0.15, 0.2) is 0 Å². The second kappa shape index (κ2) is 7.56. The number of carbonyl (C=O) groups is 1. The average Bonchev–Trinajstić information content (AvgIpc) is 3.38. The maximum atomic E-state index is 12.5. The SMILES string of the molecule is COc1ccccc1C1=NOC(C(=O)Nc2ccc(-n3ccc(C)n3)cc2)C1. The highest BCUT2D eigenvalue weighted by molar-refractivity contribution is 6.07. The van der Waals surface area contributed by atoms with E-state index in [1.807, 2.05) is 67.7 Å². The van der Waals surface area contributed by atoms with Crippen molar-refractivity contribution in [2.24, 2.45) is 5.16 Å². The first kappa shape index (κ1) is 17.8. The Bertz CT molecular complexity index is 1020. The minimum Gasteiger partial charge on any atom is -0.496 e. The van der Waals surface area contributed by atoms with Crippen LogP contribution in [-0.4, -0.2) is 34.6 Å². The largest absolute Gasteiger partial charge is 0.496 e. The van der Waals surface area contributed by atoms with Gasteiger partial charge in [-0.3, -0.25) is 4.79 Å². The number of anilines is 1. The fourth-order valence-corrected chi connectivity index (χ4v) is 3.04. The van der Waals surface area contributed by atoms with Crippen molar-refractivity contribution in [1.29, 1.82) is 0 Å². The Labute approximate surface area is 162 Å². The van der Waals surface area contributed by atoms with E-state index < -0.39 is 6.10 Å². The maximum absolute atomic E-state index is 12.5. The molecular weight excluding hydrogens is 356 g/mol. The predicted molar refractivity (Wildman–Crippen MR) is 106 cm³/mol. The van der Waals surface area contributed by atoms with E-state index in [0.717, 1.165) is 16.9 Å². The number of aromatic nitrogens is 2. The average molecular weight is 376 g/mol. The zero-order valence-corrected chi connectivity index (χ0v) is 15.6. The zero-order valence-electron chi connectivity index (χ0n) is 15.6. The molecule has 1 aliphatic heterocycles. The van der Waals surface area contributed by atoms with Crippen LogP contribution in [0.1, 0.15) is 17.7 Å². The normalized spacial score (nSPS) is 15.6. The third-order valence-electron chi connectivity index (χ3n) is 4.50. The highest BCUT2D eigenvalue weighted by Crippen LogP contribution is 2.25. The molecule has 2 heterocycles. The molecule has 0 saturated heterocycles. The molecule has 4 rings (SSSR count).